The van der Waals surface area contributed by atoms with E-state index < -0.39 is 0 Å². The molecule has 0 bridgehead atoms. The van der Waals surface area contributed by atoms with Crippen LogP contribution in [0.2, 0.25) is 0 Å². The maximum Gasteiger partial charge on any atom is 0.227 e. The van der Waals surface area contributed by atoms with Gasteiger partial charge in [0.1, 0.15) is 5.82 Å². The highest BCUT2D eigenvalue weighted by Crippen LogP contribution is 2.31. The molecule has 1 unspecified atom stereocenters. The molecule has 5 nitrogen and oxygen atoms in total. The van der Waals surface area contributed by atoms with Crippen molar-refractivity contribution in [3.63, 3.8) is 0 Å². The van der Waals surface area contributed by atoms with Gasteiger partial charge in [-0.25, -0.2) is 4.39 Å². The Hall–Kier alpha value is -2.50. The zero-order valence-corrected chi connectivity index (χ0v) is 14.9. The topological polar surface area (TPSA) is 49.3 Å². The van der Waals surface area contributed by atoms with Crippen molar-refractivity contribution in [1.29, 1.82) is 0 Å². The summed E-state index contributed by atoms with van der Waals surface area (Å²) in [5.74, 6) is 0.386. The average molecular weight is 342 g/mol. The largest absolute Gasteiger partial charge is 0.361 e. The van der Waals surface area contributed by atoms with Crippen LogP contribution in [-0.2, 0) is 11.2 Å². The van der Waals surface area contributed by atoms with Crippen LogP contribution in [0.25, 0.3) is 0 Å². The third kappa shape index (κ3) is 3.78. The Morgan fingerprint density at radius 3 is 2.76 bits per heavy atom. The van der Waals surface area contributed by atoms with Gasteiger partial charge in [-0.15, -0.1) is 5.10 Å². The van der Waals surface area contributed by atoms with Gasteiger partial charge in [-0.1, -0.05) is 17.7 Å². The smallest absolute Gasteiger partial charge is 0.227 e. The zero-order chi connectivity index (χ0) is 18.0. The van der Waals surface area contributed by atoms with Gasteiger partial charge in [-0.05, 0) is 43.5 Å². The monoisotopic (exact) mass is 342 g/mol. The molecular weight excluding hydrogens is 319 g/mol. The summed E-state index contributed by atoms with van der Waals surface area (Å²) in [6.45, 7) is 2.57. The number of nitrogens with zero attached hydrogens (tertiary/aromatic N) is 4. The molecule has 25 heavy (non-hydrogen) atoms. The van der Waals surface area contributed by atoms with Crippen LogP contribution >= 0.6 is 0 Å². The molecule has 1 saturated heterocycles. The maximum absolute atomic E-state index is 14.0. The Balaban J connectivity index is 1.76. The third-order valence-electron chi connectivity index (χ3n) is 4.59. The lowest BCUT2D eigenvalue weighted by molar-refractivity contribution is -0.131. The SMILES string of the molecule is Cc1ccc(F)c(CC(=O)N2CCCC2c2ccc(N(C)C)nn2)c1. The summed E-state index contributed by atoms with van der Waals surface area (Å²) in [7, 11) is 3.82. The van der Waals surface area contributed by atoms with Crippen molar-refractivity contribution in [2.45, 2.75) is 32.2 Å². The fraction of sp³-hybridized carbons (Fsp3) is 0.421. The number of aromatic nitrogens is 2. The summed E-state index contributed by atoms with van der Waals surface area (Å²) in [6, 6.07) is 8.62. The molecule has 1 aliphatic heterocycles. The normalized spacial score (nSPS) is 17.0. The lowest BCUT2D eigenvalue weighted by Crippen LogP contribution is -2.32. The van der Waals surface area contributed by atoms with Gasteiger partial charge in [0.2, 0.25) is 5.91 Å². The third-order valence-corrected chi connectivity index (χ3v) is 4.59. The lowest BCUT2D eigenvalue weighted by Gasteiger charge is -2.24. The number of carbonyl (C=O) groups excluding carboxylic acids is 1. The Morgan fingerprint density at radius 2 is 2.08 bits per heavy atom. The summed E-state index contributed by atoms with van der Waals surface area (Å²) in [4.78, 5) is 16.4. The number of halogens is 1. The molecular formula is C19H23FN4O. The highest BCUT2D eigenvalue weighted by molar-refractivity contribution is 5.79. The number of rotatable bonds is 4. The first-order valence-electron chi connectivity index (χ1n) is 8.51. The number of hydrogen-bond donors (Lipinski definition) is 0. The molecule has 1 aromatic heterocycles. The first kappa shape index (κ1) is 17.3. The molecule has 1 amide bonds. The number of aryl methyl sites for hydroxylation is 1. The fourth-order valence-electron chi connectivity index (χ4n) is 3.23. The summed E-state index contributed by atoms with van der Waals surface area (Å²) in [5, 5.41) is 8.50. The van der Waals surface area contributed by atoms with Crippen molar-refractivity contribution in [1.82, 2.24) is 15.1 Å². The van der Waals surface area contributed by atoms with Crippen molar-refractivity contribution in [2.75, 3.05) is 25.5 Å². The summed E-state index contributed by atoms with van der Waals surface area (Å²) in [6.07, 6.45) is 1.86. The van der Waals surface area contributed by atoms with Gasteiger partial charge in [-0.3, -0.25) is 4.79 Å². The fourth-order valence-corrected chi connectivity index (χ4v) is 3.23. The number of benzene rings is 1. The van der Waals surface area contributed by atoms with Gasteiger partial charge in [0.15, 0.2) is 5.82 Å². The first-order chi connectivity index (χ1) is 12.0. The molecule has 2 aromatic rings. The van der Waals surface area contributed by atoms with Crippen LogP contribution in [0.4, 0.5) is 10.2 Å². The summed E-state index contributed by atoms with van der Waals surface area (Å²) < 4.78 is 14.0. The van der Waals surface area contributed by atoms with Crippen LogP contribution in [0.5, 0.6) is 0 Å². The second-order valence-corrected chi connectivity index (χ2v) is 6.73. The standard InChI is InChI=1S/C19H23FN4O/c1-13-6-7-15(20)14(11-13)12-19(25)24-10-4-5-17(24)16-8-9-18(22-21-16)23(2)3/h6-9,11,17H,4-5,10,12H2,1-3H3. The van der Waals surface area contributed by atoms with E-state index in [1.165, 1.54) is 6.07 Å². The number of likely N-dealkylation sites (tertiary alicyclic amines) is 1. The molecule has 0 N–H and O–H groups in total. The Kier molecular flexibility index (Phi) is 4.97. The second-order valence-electron chi connectivity index (χ2n) is 6.73. The Morgan fingerprint density at radius 1 is 1.28 bits per heavy atom. The van der Waals surface area contributed by atoms with Crippen LogP contribution in [0.15, 0.2) is 30.3 Å². The Labute approximate surface area is 147 Å². The molecule has 0 radical (unpaired) electrons. The van der Waals surface area contributed by atoms with Crippen molar-refractivity contribution in [3.8, 4) is 0 Å². The minimum atomic E-state index is -0.329. The number of amides is 1. The molecule has 1 aromatic carbocycles. The Bertz CT molecular complexity index is 761. The first-order valence-corrected chi connectivity index (χ1v) is 8.51. The highest BCUT2D eigenvalue weighted by Gasteiger charge is 2.31. The predicted octanol–water partition coefficient (Wildman–Crippen LogP) is 2.90. The molecule has 3 rings (SSSR count). The minimum Gasteiger partial charge on any atom is -0.361 e. The van der Waals surface area contributed by atoms with Crippen LogP contribution in [0.1, 0.15) is 35.7 Å². The van der Waals surface area contributed by atoms with Crippen LogP contribution in [-0.4, -0.2) is 41.6 Å². The van der Waals surface area contributed by atoms with Crippen molar-refractivity contribution < 1.29 is 9.18 Å². The van der Waals surface area contributed by atoms with Gasteiger partial charge in [0.05, 0.1) is 18.2 Å². The molecule has 1 aliphatic rings. The van der Waals surface area contributed by atoms with E-state index in [-0.39, 0.29) is 24.2 Å². The molecule has 1 fully saturated rings. The summed E-state index contributed by atoms with van der Waals surface area (Å²) >= 11 is 0. The molecule has 2 heterocycles. The van der Waals surface area contributed by atoms with Crippen molar-refractivity contribution in [2.24, 2.45) is 0 Å². The second kappa shape index (κ2) is 7.17. The van der Waals surface area contributed by atoms with E-state index in [1.54, 1.807) is 17.0 Å². The quantitative estimate of drug-likeness (QED) is 0.857. The molecule has 0 spiro atoms. The van der Waals surface area contributed by atoms with Crippen molar-refractivity contribution >= 4 is 11.7 Å². The van der Waals surface area contributed by atoms with E-state index in [1.807, 2.05) is 38.1 Å². The maximum atomic E-state index is 14.0. The number of hydrogen-bond acceptors (Lipinski definition) is 4. The van der Waals surface area contributed by atoms with E-state index in [9.17, 15) is 9.18 Å². The van der Waals surface area contributed by atoms with Gasteiger partial charge < -0.3 is 9.80 Å². The molecule has 1 atom stereocenters. The van der Waals surface area contributed by atoms with Crippen LogP contribution in [0, 0.1) is 12.7 Å². The van der Waals surface area contributed by atoms with Gasteiger partial charge in [0.25, 0.3) is 0 Å². The van der Waals surface area contributed by atoms with E-state index in [4.69, 9.17) is 0 Å². The van der Waals surface area contributed by atoms with Gasteiger partial charge >= 0.3 is 0 Å². The average Bonchev–Trinajstić information content (AvgIpc) is 3.08. The van der Waals surface area contributed by atoms with Gasteiger partial charge in [0, 0.05) is 20.6 Å². The van der Waals surface area contributed by atoms with E-state index in [2.05, 4.69) is 10.2 Å². The van der Waals surface area contributed by atoms with Gasteiger partial charge in [-0.2, -0.15) is 5.10 Å². The number of anilines is 1. The number of carbonyl (C=O) groups is 1. The van der Waals surface area contributed by atoms with E-state index in [0.717, 1.165) is 29.9 Å². The van der Waals surface area contributed by atoms with Crippen LogP contribution < -0.4 is 4.90 Å². The summed E-state index contributed by atoms with van der Waals surface area (Å²) in [5.41, 5.74) is 2.19. The minimum absolute atomic E-state index is 0.0644. The van der Waals surface area contributed by atoms with Crippen LogP contribution in [0.3, 0.4) is 0 Å². The molecule has 0 aliphatic carbocycles. The zero-order valence-electron chi connectivity index (χ0n) is 14.9. The van der Waals surface area contributed by atoms with E-state index >= 15 is 0 Å². The van der Waals surface area contributed by atoms with E-state index in [0.29, 0.717) is 12.1 Å². The predicted molar refractivity (Wildman–Crippen MR) is 94.9 cm³/mol. The molecule has 132 valence electrons. The molecule has 0 saturated carbocycles. The lowest BCUT2D eigenvalue weighted by atomic mass is 10.1. The highest BCUT2D eigenvalue weighted by atomic mass is 19.1. The molecule has 6 heteroatoms. The van der Waals surface area contributed by atoms with Crippen molar-refractivity contribution in [3.05, 3.63) is 53.0 Å².